The van der Waals surface area contributed by atoms with Gasteiger partial charge < -0.3 is 20.5 Å². The van der Waals surface area contributed by atoms with Crippen molar-refractivity contribution in [2.75, 3.05) is 29.7 Å². The zero-order valence-corrected chi connectivity index (χ0v) is 23.0. The number of carbonyl (C=O) groups is 1. The number of nitrogens with one attached hydrogen (secondary N) is 2. The fourth-order valence-corrected chi connectivity index (χ4v) is 5.44. The molecule has 206 valence electrons. The molecule has 12 heteroatoms. The van der Waals surface area contributed by atoms with E-state index in [-0.39, 0.29) is 30.9 Å². The predicted octanol–water partition coefficient (Wildman–Crippen LogP) is 3.56. The number of halogens is 1. The number of hydrogen-bond donors (Lipinski definition) is 4. The highest BCUT2D eigenvalue weighted by molar-refractivity contribution is 7.93. The lowest BCUT2D eigenvalue weighted by Gasteiger charge is -2.33. The quantitative estimate of drug-likeness (QED) is 0.254. The van der Waals surface area contributed by atoms with Gasteiger partial charge in [-0.1, -0.05) is 29.8 Å². The number of amidine groups is 2. The Kier molecular flexibility index (Phi) is 10.7. The summed E-state index contributed by atoms with van der Waals surface area (Å²) in [5.41, 5.74) is 7.85. The van der Waals surface area contributed by atoms with E-state index in [1.165, 1.54) is 0 Å². The van der Waals surface area contributed by atoms with E-state index in [2.05, 4.69) is 0 Å². The zero-order valence-electron chi connectivity index (χ0n) is 21.4. The lowest BCUT2D eigenvalue weighted by atomic mass is 10.1. The van der Waals surface area contributed by atoms with Gasteiger partial charge in [0.05, 0.1) is 18.1 Å². The molecule has 1 aliphatic rings. The molecule has 2 aromatic carbocycles. The van der Waals surface area contributed by atoms with Gasteiger partial charge in [-0.05, 0) is 49.7 Å². The third-order valence-corrected chi connectivity index (χ3v) is 7.61. The summed E-state index contributed by atoms with van der Waals surface area (Å²) in [4.78, 5) is 13.3. The lowest BCUT2D eigenvalue weighted by molar-refractivity contribution is -0.134. The molecular formula is C26H34ClN5O5S. The number of nitrogens with two attached hydrogens (primary N) is 1. The Bertz CT molecular complexity index is 1290. The van der Waals surface area contributed by atoms with E-state index < -0.39 is 21.7 Å². The molecule has 0 aromatic heterocycles. The summed E-state index contributed by atoms with van der Waals surface area (Å²) in [5.74, 6) is -1.41. The Labute approximate surface area is 229 Å². The number of sulfonamides is 1. The summed E-state index contributed by atoms with van der Waals surface area (Å²) in [6.07, 6.45) is 3.34. The van der Waals surface area contributed by atoms with Crippen LogP contribution in [-0.2, 0) is 14.8 Å². The normalized spacial score (nSPS) is 14.4. The smallest absolute Gasteiger partial charge is 0.320 e. The summed E-state index contributed by atoms with van der Waals surface area (Å²) >= 11 is 0. The van der Waals surface area contributed by atoms with Gasteiger partial charge in [0.25, 0.3) is 0 Å². The minimum atomic E-state index is -4.17. The first kappa shape index (κ1) is 30.7. The fraction of sp³-hybridized carbons (Fsp3) is 0.346. The second kappa shape index (κ2) is 13.3. The van der Waals surface area contributed by atoms with Gasteiger partial charge >= 0.3 is 5.97 Å². The number of nitrogens with zero attached hydrogens (tertiary/aromatic N) is 2. The molecule has 0 aliphatic carbocycles. The van der Waals surface area contributed by atoms with Gasteiger partial charge in [0.2, 0.25) is 10.0 Å². The monoisotopic (exact) mass is 563 g/mol. The molecule has 1 saturated heterocycles. The van der Waals surface area contributed by atoms with Crippen molar-refractivity contribution in [1.29, 1.82) is 10.8 Å². The van der Waals surface area contributed by atoms with Crippen molar-refractivity contribution in [3.8, 4) is 5.75 Å². The number of hydrogen-bond acceptors (Lipinski definition) is 6. The maximum atomic E-state index is 13.0. The van der Waals surface area contributed by atoms with Gasteiger partial charge in [-0.15, -0.1) is 12.4 Å². The Morgan fingerprint density at radius 3 is 2.34 bits per heavy atom. The van der Waals surface area contributed by atoms with Gasteiger partial charge in [0, 0.05) is 31.5 Å². The second-order valence-corrected chi connectivity index (χ2v) is 11.0. The predicted molar refractivity (Wildman–Crippen MR) is 152 cm³/mol. The molecule has 0 unspecified atom stereocenters. The topological polar surface area (TPSA) is 161 Å². The van der Waals surface area contributed by atoms with Crippen molar-refractivity contribution in [3.05, 3.63) is 65.2 Å². The summed E-state index contributed by atoms with van der Waals surface area (Å²) in [5, 5.41) is 24.5. The van der Waals surface area contributed by atoms with E-state index in [0.29, 0.717) is 28.4 Å². The molecule has 2 aromatic rings. The molecule has 1 fully saturated rings. The van der Waals surface area contributed by atoms with Crippen LogP contribution in [0, 0.1) is 10.8 Å². The number of ether oxygens (including phenoxy) is 1. The van der Waals surface area contributed by atoms with Crippen LogP contribution < -0.4 is 14.8 Å². The number of rotatable bonds is 10. The molecule has 3 rings (SSSR count). The van der Waals surface area contributed by atoms with Gasteiger partial charge in [0.1, 0.15) is 17.7 Å². The van der Waals surface area contributed by atoms with E-state index in [9.17, 15) is 18.3 Å². The van der Waals surface area contributed by atoms with E-state index in [4.69, 9.17) is 21.3 Å². The number of nitrogen functional groups attached to an aromatic ring is 1. The van der Waals surface area contributed by atoms with Crippen LogP contribution in [0.25, 0.3) is 6.08 Å². The summed E-state index contributed by atoms with van der Waals surface area (Å²) in [7, 11) is -4.17. The summed E-state index contributed by atoms with van der Waals surface area (Å²) < 4.78 is 33.1. The molecule has 38 heavy (non-hydrogen) atoms. The molecule has 10 nitrogen and oxygen atoms in total. The van der Waals surface area contributed by atoms with Gasteiger partial charge in [-0.3, -0.25) is 19.9 Å². The standard InChI is InChI=1S/C26H33N5O5S.ClH/c1-18(14-20-4-3-5-21(15-20)26(28)29)16-31(37(34,35)17-25(32)33)22-6-8-23(9-7-22)36-24-10-12-30(13-11-24)19(2)27;/h3-9,14-15,24,27H,10-13,16-17H2,1-2H3,(H3,28,29)(H,32,33);1H/b18-14+,27-19?;. The SMILES string of the molecule is CC(=N)N1CCC(Oc2ccc(N(C/C(C)=C/c3cccc(C(=N)N)c3)S(=O)(=O)CC(=O)O)cc2)CC1.Cl. The van der Waals surface area contributed by atoms with Crippen molar-refractivity contribution in [2.24, 2.45) is 5.73 Å². The minimum absolute atomic E-state index is 0. The van der Waals surface area contributed by atoms with Gasteiger partial charge in [-0.25, -0.2) is 8.42 Å². The average molecular weight is 564 g/mol. The van der Waals surface area contributed by atoms with E-state index in [1.807, 2.05) is 11.0 Å². The number of benzene rings is 2. The third kappa shape index (κ3) is 8.49. The molecule has 0 radical (unpaired) electrons. The fourth-order valence-electron chi connectivity index (χ4n) is 4.13. The average Bonchev–Trinajstić information content (AvgIpc) is 2.83. The molecule has 0 amide bonds. The van der Waals surface area contributed by atoms with Crippen LogP contribution >= 0.6 is 12.4 Å². The van der Waals surface area contributed by atoms with Crippen molar-refractivity contribution < 1.29 is 23.1 Å². The zero-order chi connectivity index (χ0) is 27.2. The second-order valence-electron chi connectivity index (χ2n) is 9.07. The first-order valence-corrected chi connectivity index (χ1v) is 13.5. The lowest BCUT2D eigenvalue weighted by Crippen LogP contribution is -2.40. The van der Waals surface area contributed by atoms with Crippen molar-refractivity contribution in [3.63, 3.8) is 0 Å². The molecular weight excluding hydrogens is 530 g/mol. The van der Waals surface area contributed by atoms with Crippen LogP contribution in [0.5, 0.6) is 5.75 Å². The molecule has 5 N–H and O–H groups in total. The first-order valence-electron chi connectivity index (χ1n) is 11.9. The maximum Gasteiger partial charge on any atom is 0.320 e. The number of carboxylic acids is 1. The first-order chi connectivity index (χ1) is 17.4. The Morgan fingerprint density at radius 2 is 1.79 bits per heavy atom. The highest BCUT2D eigenvalue weighted by atomic mass is 35.5. The van der Waals surface area contributed by atoms with E-state index in [1.54, 1.807) is 62.4 Å². The van der Waals surface area contributed by atoms with Crippen molar-refractivity contribution >= 4 is 51.8 Å². The summed E-state index contributed by atoms with van der Waals surface area (Å²) in [6, 6.07) is 13.6. The molecule has 1 aliphatic heterocycles. The van der Waals surface area contributed by atoms with Gasteiger partial charge in [-0.2, -0.15) is 0 Å². The van der Waals surface area contributed by atoms with Crippen molar-refractivity contribution in [1.82, 2.24) is 4.90 Å². The Balaban J connectivity index is 0.00000507. The number of likely N-dealkylation sites (tertiary alicyclic amines) is 1. The van der Waals surface area contributed by atoms with Crippen LogP contribution in [0.4, 0.5) is 5.69 Å². The largest absolute Gasteiger partial charge is 0.490 e. The van der Waals surface area contributed by atoms with Crippen molar-refractivity contribution in [2.45, 2.75) is 32.8 Å². The van der Waals surface area contributed by atoms with E-state index in [0.717, 1.165) is 35.8 Å². The molecule has 0 bridgehead atoms. The van der Waals surface area contributed by atoms with Crippen LogP contribution in [0.3, 0.4) is 0 Å². The van der Waals surface area contributed by atoms with Crippen LogP contribution in [-0.4, -0.2) is 67.6 Å². The van der Waals surface area contributed by atoms with E-state index >= 15 is 0 Å². The number of aliphatic carboxylic acids is 1. The Morgan fingerprint density at radius 1 is 1.16 bits per heavy atom. The molecule has 0 atom stereocenters. The van der Waals surface area contributed by atoms with Gasteiger partial charge in [0.15, 0.2) is 5.75 Å². The maximum absolute atomic E-state index is 13.0. The number of piperidine rings is 1. The molecule has 0 saturated carbocycles. The number of anilines is 1. The minimum Gasteiger partial charge on any atom is -0.490 e. The number of carboxylic acid groups (broad SMARTS) is 1. The molecule has 1 heterocycles. The van der Waals surface area contributed by atoms with Crippen LogP contribution in [0.1, 0.15) is 37.8 Å². The summed E-state index contributed by atoms with van der Waals surface area (Å²) in [6.45, 7) is 4.97. The Hall–Kier alpha value is -3.57. The highest BCUT2D eigenvalue weighted by Gasteiger charge is 2.26. The molecule has 0 spiro atoms. The third-order valence-electron chi connectivity index (χ3n) is 5.99. The van der Waals surface area contributed by atoms with Crippen LogP contribution in [0.15, 0.2) is 54.1 Å². The van der Waals surface area contributed by atoms with Crippen LogP contribution in [0.2, 0.25) is 0 Å². The highest BCUT2D eigenvalue weighted by Crippen LogP contribution is 2.26.